The number of carbonyl (C=O) groups is 2. The Balaban J connectivity index is 1.69. The van der Waals surface area contributed by atoms with Crippen LogP contribution in [0.4, 0.5) is 5.69 Å². The molecule has 6 nitrogen and oxygen atoms in total. The van der Waals surface area contributed by atoms with Gasteiger partial charge in [0.2, 0.25) is 11.8 Å². The first-order valence-electron chi connectivity index (χ1n) is 6.87. The van der Waals surface area contributed by atoms with E-state index in [1.807, 2.05) is 25.1 Å². The molecule has 0 unspecified atom stereocenters. The van der Waals surface area contributed by atoms with Crippen LogP contribution in [0.3, 0.4) is 0 Å². The molecule has 0 saturated carbocycles. The number of nitrogens with zero attached hydrogens (tertiary/aromatic N) is 1. The zero-order chi connectivity index (χ0) is 15.8. The summed E-state index contributed by atoms with van der Waals surface area (Å²) in [6, 6.07) is 12.6. The first kappa shape index (κ1) is 15.5. The van der Waals surface area contributed by atoms with Gasteiger partial charge in [0.25, 0.3) is 0 Å². The normalized spacial score (nSPS) is 10.6. The molecular formula is C16H17N3O3. The summed E-state index contributed by atoms with van der Waals surface area (Å²) in [7, 11) is 0. The summed E-state index contributed by atoms with van der Waals surface area (Å²) >= 11 is 0. The smallest absolute Gasteiger partial charge is 0.240 e. The van der Waals surface area contributed by atoms with Gasteiger partial charge in [-0.2, -0.15) is 5.10 Å². The quantitative estimate of drug-likeness (QED) is 0.635. The molecule has 0 aliphatic heterocycles. The number of nitrogens with one attached hydrogen (secondary N) is 2. The number of rotatable bonds is 6. The van der Waals surface area contributed by atoms with Crippen LogP contribution in [0.25, 0.3) is 0 Å². The van der Waals surface area contributed by atoms with Gasteiger partial charge in [0, 0.05) is 18.5 Å². The molecule has 0 spiro atoms. The molecule has 2 rings (SSSR count). The van der Waals surface area contributed by atoms with Gasteiger partial charge >= 0.3 is 0 Å². The minimum absolute atomic E-state index is 0.0627. The fourth-order valence-electron chi connectivity index (χ4n) is 1.72. The van der Waals surface area contributed by atoms with E-state index in [-0.39, 0.29) is 24.7 Å². The molecule has 22 heavy (non-hydrogen) atoms. The first-order valence-corrected chi connectivity index (χ1v) is 6.87. The lowest BCUT2D eigenvalue weighted by molar-refractivity contribution is -0.124. The Kier molecular flexibility index (Phi) is 5.48. The van der Waals surface area contributed by atoms with Crippen LogP contribution >= 0.6 is 0 Å². The monoisotopic (exact) mass is 299 g/mol. The Morgan fingerprint density at radius 1 is 1.09 bits per heavy atom. The molecule has 0 aliphatic rings. The molecule has 1 heterocycles. The highest BCUT2D eigenvalue weighted by Crippen LogP contribution is 2.06. The third-order valence-electron chi connectivity index (χ3n) is 2.78. The van der Waals surface area contributed by atoms with Gasteiger partial charge < -0.3 is 9.73 Å². The first-order chi connectivity index (χ1) is 10.6. The number of hydrazone groups is 1. The fourth-order valence-corrected chi connectivity index (χ4v) is 1.72. The zero-order valence-corrected chi connectivity index (χ0v) is 12.2. The molecule has 2 N–H and O–H groups in total. The van der Waals surface area contributed by atoms with Crippen molar-refractivity contribution in [3.63, 3.8) is 0 Å². The van der Waals surface area contributed by atoms with E-state index in [1.54, 1.807) is 24.3 Å². The molecule has 0 saturated heterocycles. The lowest BCUT2D eigenvalue weighted by atomic mass is 10.2. The molecule has 1 aromatic heterocycles. The van der Waals surface area contributed by atoms with Crippen molar-refractivity contribution in [1.29, 1.82) is 0 Å². The lowest BCUT2D eigenvalue weighted by Gasteiger charge is -2.04. The average molecular weight is 299 g/mol. The van der Waals surface area contributed by atoms with Crippen LogP contribution in [0.5, 0.6) is 0 Å². The second-order valence-electron chi connectivity index (χ2n) is 4.66. The Hall–Kier alpha value is -2.89. The summed E-state index contributed by atoms with van der Waals surface area (Å²) in [4.78, 5) is 23.2. The molecule has 0 fully saturated rings. The van der Waals surface area contributed by atoms with Gasteiger partial charge in [-0.3, -0.25) is 9.59 Å². The molecule has 1 aromatic carbocycles. The number of carbonyl (C=O) groups excluding carboxylic acids is 2. The van der Waals surface area contributed by atoms with E-state index in [2.05, 4.69) is 15.8 Å². The van der Waals surface area contributed by atoms with Crippen LogP contribution in [0, 0.1) is 6.92 Å². The maximum atomic E-state index is 11.7. The summed E-state index contributed by atoms with van der Waals surface area (Å²) in [5.74, 6) is 0.778. The predicted molar refractivity (Wildman–Crippen MR) is 83.5 cm³/mol. The van der Waals surface area contributed by atoms with Crippen LogP contribution in [-0.2, 0) is 9.59 Å². The highest BCUT2D eigenvalue weighted by molar-refractivity contribution is 5.93. The number of hydrogen-bond acceptors (Lipinski definition) is 4. The average Bonchev–Trinajstić information content (AvgIpc) is 2.92. The van der Waals surface area contributed by atoms with Crippen molar-refractivity contribution in [2.45, 2.75) is 19.8 Å². The molecule has 2 aromatic rings. The Bertz CT molecular complexity index is 662. The van der Waals surface area contributed by atoms with Crippen molar-refractivity contribution in [3.05, 3.63) is 54.0 Å². The van der Waals surface area contributed by atoms with Gasteiger partial charge in [-0.25, -0.2) is 5.43 Å². The van der Waals surface area contributed by atoms with Gasteiger partial charge in [0.1, 0.15) is 11.5 Å². The van der Waals surface area contributed by atoms with Gasteiger partial charge in [0.05, 0.1) is 6.21 Å². The van der Waals surface area contributed by atoms with E-state index in [0.29, 0.717) is 11.4 Å². The molecule has 0 bridgehead atoms. The van der Waals surface area contributed by atoms with Crippen molar-refractivity contribution < 1.29 is 14.0 Å². The minimum atomic E-state index is -0.331. The van der Waals surface area contributed by atoms with Gasteiger partial charge in [-0.05, 0) is 31.2 Å². The van der Waals surface area contributed by atoms with E-state index in [1.165, 1.54) is 6.21 Å². The van der Waals surface area contributed by atoms with Crippen LogP contribution < -0.4 is 10.7 Å². The highest BCUT2D eigenvalue weighted by atomic mass is 16.3. The molecule has 2 amide bonds. The van der Waals surface area contributed by atoms with Crippen molar-refractivity contribution in [1.82, 2.24) is 5.43 Å². The van der Waals surface area contributed by atoms with Crippen molar-refractivity contribution >= 4 is 23.7 Å². The third kappa shape index (κ3) is 5.24. The highest BCUT2D eigenvalue weighted by Gasteiger charge is 2.06. The molecule has 114 valence electrons. The molecule has 6 heteroatoms. The van der Waals surface area contributed by atoms with Crippen molar-refractivity contribution in [2.24, 2.45) is 5.10 Å². The molecular weight excluding hydrogens is 282 g/mol. The summed E-state index contributed by atoms with van der Waals surface area (Å²) < 4.78 is 5.27. The second-order valence-corrected chi connectivity index (χ2v) is 4.66. The Morgan fingerprint density at radius 3 is 2.50 bits per heavy atom. The molecule has 0 atom stereocenters. The number of para-hydroxylation sites is 1. The number of hydrogen-bond donors (Lipinski definition) is 2. The number of amides is 2. The van der Waals surface area contributed by atoms with E-state index < -0.39 is 0 Å². The van der Waals surface area contributed by atoms with Crippen LogP contribution in [0.2, 0.25) is 0 Å². The summed E-state index contributed by atoms with van der Waals surface area (Å²) in [6.45, 7) is 1.82. The van der Waals surface area contributed by atoms with Gasteiger partial charge in [-0.1, -0.05) is 18.2 Å². The van der Waals surface area contributed by atoms with E-state index in [9.17, 15) is 9.59 Å². The largest absolute Gasteiger partial charge is 0.460 e. The third-order valence-corrected chi connectivity index (χ3v) is 2.78. The standard InChI is InChI=1S/C16H17N3O3/c1-12-7-8-14(22-12)11-17-19-16(21)10-9-15(20)18-13-5-3-2-4-6-13/h2-8,11H,9-10H2,1H3,(H,18,20)(H,19,21)/b17-11-. The van der Waals surface area contributed by atoms with Crippen LogP contribution in [0.15, 0.2) is 52.0 Å². The topological polar surface area (TPSA) is 83.7 Å². The molecule has 0 aliphatic carbocycles. The van der Waals surface area contributed by atoms with Crippen molar-refractivity contribution in [3.8, 4) is 0 Å². The van der Waals surface area contributed by atoms with Gasteiger partial charge in [0.15, 0.2) is 0 Å². The summed E-state index contributed by atoms with van der Waals surface area (Å²) in [5, 5.41) is 6.48. The Morgan fingerprint density at radius 2 is 1.82 bits per heavy atom. The van der Waals surface area contributed by atoms with E-state index in [0.717, 1.165) is 5.76 Å². The number of aryl methyl sites for hydroxylation is 1. The van der Waals surface area contributed by atoms with Crippen molar-refractivity contribution in [2.75, 3.05) is 5.32 Å². The van der Waals surface area contributed by atoms with E-state index >= 15 is 0 Å². The van der Waals surface area contributed by atoms with E-state index in [4.69, 9.17) is 4.42 Å². The minimum Gasteiger partial charge on any atom is -0.460 e. The zero-order valence-electron chi connectivity index (χ0n) is 12.2. The number of furan rings is 1. The fraction of sp³-hybridized carbons (Fsp3) is 0.188. The predicted octanol–water partition coefficient (Wildman–Crippen LogP) is 2.46. The SMILES string of the molecule is Cc1ccc(/C=N\NC(=O)CCC(=O)Nc2ccccc2)o1. The maximum Gasteiger partial charge on any atom is 0.240 e. The van der Waals surface area contributed by atoms with Gasteiger partial charge in [-0.15, -0.1) is 0 Å². The maximum absolute atomic E-state index is 11.7. The Labute approximate surface area is 128 Å². The second kappa shape index (κ2) is 7.78. The summed E-state index contributed by atoms with van der Waals surface area (Å²) in [6.07, 6.45) is 1.57. The van der Waals surface area contributed by atoms with Crippen LogP contribution in [0.1, 0.15) is 24.4 Å². The van der Waals surface area contributed by atoms with Crippen LogP contribution in [-0.4, -0.2) is 18.0 Å². The summed E-state index contributed by atoms with van der Waals surface area (Å²) in [5.41, 5.74) is 3.06. The molecule has 0 radical (unpaired) electrons. The number of benzene rings is 1. The lowest BCUT2D eigenvalue weighted by Crippen LogP contribution is -2.20. The number of anilines is 1.